The molecule has 0 radical (unpaired) electrons. The van der Waals surface area contributed by atoms with Crippen molar-refractivity contribution in [2.45, 2.75) is 20.1 Å². The second-order valence-corrected chi connectivity index (χ2v) is 3.53. The number of ether oxygens (including phenoxy) is 2. The van der Waals surface area contributed by atoms with E-state index in [-0.39, 0.29) is 12.9 Å². The van der Waals surface area contributed by atoms with Gasteiger partial charge in [-0.25, -0.2) is 0 Å². The molecule has 1 heterocycles. The maximum atomic E-state index is 9.14. The molecule has 0 aromatic heterocycles. The van der Waals surface area contributed by atoms with Crippen LogP contribution in [0.15, 0.2) is 30.0 Å². The van der Waals surface area contributed by atoms with Gasteiger partial charge in [-0.05, 0) is 12.5 Å². The highest BCUT2D eigenvalue weighted by atomic mass is 16.7. The molecule has 0 amide bonds. The topological polar surface area (TPSA) is 38.7 Å². The molecule has 1 aliphatic rings. The number of hydrogen-bond acceptors (Lipinski definition) is 3. The van der Waals surface area contributed by atoms with Gasteiger partial charge in [0.25, 0.3) is 0 Å². The fourth-order valence-corrected chi connectivity index (χ4v) is 1.66. The molecule has 80 valence electrons. The van der Waals surface area contributed by atoms with E-state index < -0.39 is 0 Å². The van der Waals surface area contributed by atoms with Crippen molar-refractivity contribution in [2.75, 3.05) is 6.61 Å². The highest BCUT2D eigenvalue weighted by Crippen LogP contribution is 2.31. The van der Waals surface area contributed by atoms with Gasteiger partial charge in [0.15, 0.2) is 11.5 Å². The van der Waals surface area contributed by atoms with Gasteiger partial charge in [0, 0.05) is 12.5 Å². The summed E-state index contributed by atoms with van der Waals surface area (Å²) in [7, 11) is 0. The number of benzene rings is 1. The van der Waals surface area contributed by atoms with Crippen molar-refractivity contribution >= 4 is 5.76 Å². The quantitative estimate of drug-likeness (QED) is 0.804. The molecular weight excluding hydrogens is 192 g/mol. The molecule has 0 fully saturated rings. The summed E-state index contributed by atoms with van der Waals surface area (Å²) >= 11 is 0. The normalized spacial score (nSPS) is 20.1. The van der Waals surface area contributed by atoms with Gasteiger partial charge in [-0.3, -0.25) is 0 Å². The van der Waals surface area contributed by atoms with Crippen molar-refractivity contribution in [1.29, 1.82) is 0 Å². The van der Waals surface area contributed by atoms with Crippen molar-refractivity contribution in [3.8, 4) is 0 Å². The summed E-state index contributed by atoms with van der Waals surface area (Å²) in [5, 5.41) is 9.14. The van der Waals surface area contributed by atoms with Crippen LogP contribution in [0.2, 0.25) is 0 Å². The predicted octanol–water partition coefficient (Wildman–Crippen LogP) is 2.05. The molecule has 1 aromatic rings. The second-order valence-electron chi connectivity index (χ2n) is 3.53. The summed E-state index contributed by atoms with van der Waals surface area (Å²) in [5.41, 5.74) is 2.09. The van der Waals surface area contributed by atoms with E-state index in [0.717, 1.165) is 11.1 Å². The Labute approximate surface area is 88.9 Å². The number of rotatable bonds is 2. The monoisotopic (exact) mass is 206 g/mol. The van der Waals surface area contributed by atoms with Crippen molar-refractivity contribution < 1.29 is 14.6 Å². The zero-order chi connectivity index (χ0) is 10.8. The third-order valence-corrected chi connectivity index (χ3v) is 2.38. The number of aliphatic hydroxyl groups is 1. The maximum Gasteiger partial charge on any atom is 0.238 e. The molecule has 1 aliphatic heterocycles. The Balaban J connectivity index is 2.42. The first-order valence-corrected chi connectivity index (χ1v) is 4.95. The number of aliphatic hydroxyl groups excluding tert-OH is 1. The van der Waals surface area contributed by atoms with Crippen LogP contribution in [0.1, 0.15) is 18.1 Å². The fourth-order valence-electron chi connectivity index (χ4n) is 1.66. The van der Waals surface area contributed by atoms with Crippen LogP contribution in [-0.4, -0.2) is 18.0 Å². The minimum Gasteiger partial charge on any atom is -0.453 e. The lowest BCUT2D eigenvalue weighted by atomic mass is 10.1. The molecule has 15 heavy (non-hydrogen) atoms. The Morgan fingerprint density at radius 3 is 2.67 bits per heavy atom. The lowest BCUT2D eigenvalue weighted by Crippen LogP contribution is -2.02. The Hall–Kier alpha value is -1.48. The van der Waals surface area contributed by atoms with Crippen LogP contribution in [0.25, 0.3) is 5.76 Å². The summed E-state index contributed by atoms with van der Waals surface area (Å²) in [6, 6.07) is 7.87. The van der Waals surface area contributed by atoms with E-state index in [9.17, 15) is 0 Å². The van der Waals surface area contributed by atoms with E-state index >= 15 is 0 Å². The Morgan fingerprint density at radius 1 is 1.27 bits per heavy atom. The smallest absolute Gasteiger partial charge is 0.238 e. The molecule has 0 aliphatic carbocycles. The molecule has 3 nitrogen and oxygen atoms in total. The second kappa shape index (κ2) is 3.95. The van der Waals surface area contributed by atoms with Gasteiger partial charge in [-0.1, -0.05) is 24.3 Å². The van der Waals surface area contributed by atoms with E-state index in [0.29, 0.717) is 11.5 Å². The average molecular weight is 206 g/mol. The first-order chi connectivity index (χ1) is 7.22. The Bertz CT molecular complexity index is 396. The first kappa shape index (κ1) is 10.1. The molecule has 0 spiro atoms. The predicted molar refractivity (Wildman–Crippen MR) is 56.8 cm³/mol. The van der Waals surface area contributed by atoms with Crippen LogP contribution >= 0.6 is 0 Å². The molecule has 1 atom stereocenters. The standard InChI is InChI=1S/C12H14O3/c1-8-5-3-4-6-10(8)12-11(7-13)14-9(2)15-12/h3-6,9,13H,7H2,1-2H3. The van der Waals surface area contributed by atoms with Gasteiger partial charge >= 0.3 is 0 Å². The van der Waals surface area contributed by atoms with Gasteiger partial charge in [0.2, 0.25) is 6.29 Å². The van der Waals surface area contributed by atoms with Crippen LogP contribution in [0.5, 0.6) is 0 Å². The van der Waals surface area contributed by atoms with E-state index in [1.165, 1.54) is 0 Å². The van der Waals surface area contributed by atoms with Crippen molar-refractivity contribution in [1.82, 2.24) is 0 Å². The zero-order valence-electron chi connectivity index (χ0n) is 8.86. The minimum absolute atomic E-state index is 0.131. The molecule has 0 saturated heterocycles. The van der Waals surface area contributed by atoms with Crippen molar-refractivity contribution in [3.05, 3.63) is 41.2 Å². The summed E-state index contributed by atoms with van der Waals surface area (Å²) in [6.07, 6.45) is -0.318. The summed E-state index contributed by atoms with van der Waals surface area (Å²) in [4.78, 5) is 0. The Morgan fingerprint density at radius 2 is 2.00 bits per heavy atom. The molecule has 1 aromatic carbocycles. The summed E-state index contributed by atoms with van der Waals surface area (Å²) < 4.78 is 10.9. The lowest BCUT2D eigenvalue weighted by molar-refractivity contribution is -0.0156. The van der Waals surface area contributed by atoms with E-state index in [1.54, 1.807) is 6.92 Å². The summed E-state index contributed by atoms with van der Waals surface area (Å²) in [6.45, 7) is 3.68. The maximum absolute atomic E-state index is 9.14. The fraction of sp³-hybridized carbons (Fsp3) is 0.333. The molecule has 1 N–H and O–H groups in total. The lowest BCUT2D eigenvalue weighted by Gasteiger charge is -2.07. The first-order valence-electron chi connectivity index (χ1n) is 4.95. The van der Waals surface area contributed by atoms with Gasteiger partial charge in [0.1, 0.15) is 6.61 Å². The van der Waals surface area contributed by atoms with Gasteiger partial charge in [-0.2, -0.15) is 0 Å². The van der Waals surface area contributed by atoms with Gasteiger partial charge < -0.3 is 14.6 Å². The molecule has 3 heteroatoms. The van der Waals surface area contributed by atoms with Crippen molar-refractivity contribution in [2.24, 2.45) is 0 Å². The molecule has 0 bridgehead atoms. The largest absolute Gasteiger partial charge is 0.453 e. The summed E-state index contributed by atoms with van der Waals surface area (Å²) in [5.74, 6) is 1.17. The number of aryl methyl sites for hydroxylation is 1. The molecule has 0 saturated carbocycles. The number of hydrogen-bond donors (Lipinski definition) is 1. The molecular formula is C12H14O3. The van der Waals surface area contributed by atoms with Crippen LogP contribution in [0.3, 0.4) is 0 Å². The highest BCUT2D eigenvalue weighted by Gasteiger charge is 2.24. The molecule has 2 rings (SSSR count). The van der Waals surface area contributed by atoms with Gasteiger partial charge in [0.05, 0.1) is 0 Å². The van der Waals surface area contributed by atoms with Crippen LogP contribution in [0.4, 0.5) is 0 Å². The average Bonchev–Trinajstić information content (AvgIpc) is 2.60. The minimum atomic E-state index is -0.318. The highest BCUT2D eigenvalue weighted by molar-refractivity contribution is 5.65. The molecule has 1 unspecified atom stereocenters. The van der Waals surface area contributed by atoms with Gasteiger partial charge in [-0.15, -0.1) is 0 Å². The van der Waals surface area contributed by atoms with Crippen LogP contribution in [0, 0.1) is 6.92 Å². The van der Waals surface area contributed by atoms with E-state index in [2.05, 4.69) is 0 Å². The van der Waals surface area contributed by atoms with Crippen LogP contribution < -0.4 is 0 Å². The SMILES string of the molecule is Cc1ccccc1C1=C(CO)OC(C)O1. The van der Waals surface area contributed by atoms with E-state index in [4.69, 9.17) is 14.6 Å². The Kier molecular flexibility index (Phi) is 2.64. The zero-order valence-corrected chi connectivity index (χ0v) is 8.86. The van der Waals surface area contributed by atoms with Crippen LogP contribution in [-0.2, 0) is 9.47 Å². The van der Waals surface area contributed by atoms with Crippen molar-refractivity contribution in [3.63, 3.8) is 0 Å². The third kappa shape index (κ3) is 1.83. The van der Waals surface area contributed by atoms with E-state index in [1.807, 2.05) is 31.2 Å². The third-order valence-electron chi connectivity index (χ3n) is 2.38.